The molecule has 2 N–H and O–H groups in total. The van der Waals surface area contributed by atoms with E-state index >= 15 is 0 Å². The van der Waals surface area contributed by atoms with Gasteiger partial charge < -0.3 is 10.4 Å². The van der Waals surface area contributed by atoms with Crippen LogP contribution in [0.2, 0.25) is 0 Å². The molecule has 13 heavy (non-hydrogen) atoms. The van der Waals surface area contributed by atoms with Crippen molar-refractivity contribution in [2.24, 2.45) is 5.92 Å². The Bertz CT molecular complexity index is 178. The van der Waals surface area contributed by atoms with Crippen molar-refractivity contribution in [3.8, 4) is 0 Å². The first-order chi connectivity index (χ1) is 6.15. The Balaban J connectivity index is 2.39. The Kier molecular flexibility index (Phi) is 3.72. The third-order valence-corrected chi connectivity index (χ3v) is 2.57. The fourth-order valence-corrected chi connectivity index (χ4v) is 1.60. The van der Waals surface area contributed by atoms with Crippen LogP contribution in [0.25, 0.3) is 0 Å². The molecule has 0 amide bonds. The first kappa shape index (κ1) is 10.5. The fourth-order valence-electron chi connectivity index (χ4n) is 1.60. The predicted molar refractivity (Wildman–Crippen MR) is 51.7 cm³/mol. The monoisotopic (exact) mass is 185 g/mol. The largest absolute Gasteiger partial charge is 0.480 e. The molecule has 1 aliphatic rings. The molecule has 0 saturated heterocycles. The van der Waals surface area contributed by atoms with Crippen LogP contribution in [-0.2, 0) is 4.79 Å². The van der Waals surface area contributed by atoms with Crippen LogP contribution >= 0.6 is 0 Å². The summed E-state index contributed by atoms with van der Waals surface area (Å²) in [4.78, 5) is 10.9. The molecule has 0 aliphatic heterocycles. The smallest absolute Gasteiger partial charge is 0.320 e. The van der Waals surface area contributed by atoms with Crippen molar-refractivity contribution in [2.45, 2.75) is 51.6 Å². The molecule has 0 spiro atoms. The summed E-state index contributed by atoms with van der Waals surface area (Å²) in [5.74, 6) is -0.462. The van der Waals surface area contributed by atoms with E-state index in [1.165, 1.54) is 0 Å². The van der Waals surface area contributed by atoms with Crippen molar-refractivity contribution in [3.63, 3.8) is 0 Å². The van der Waals surface area contributed by atoms with Crippen molar-refractivity contribution in [3.05, 3.63) is 0 Å². The molecule has 2 unspecified atom stereocenters. The van der Waals surface area contributed by atoms with E-state index in [9.17, 15) is 4.79 Å². The minimum Gasteiger partial charge on any atom is -0.480 e. The molecule has 2 atom stereocenters. The lowest BCUT2D eigenvalue weighted by molar-refractivity contribution is -0.141. The summed E-state index contributed by atoms with van der Waals surface area (Å²) in [5, 5.41) is 12.2. The summed E-state index contributed by atoms with van der Waals surface area (Å²) in [6.07, 6.45) is 4.32. The zero-order chi connectivity index (χ0) is 9.84. The van der Waals surface area contributed by atoms with Gasteiger partial charge in [0.1, 0.15) is 6.04 Å². The number of nitrogens with one attached hydrogen (secondary N) is 1. The topological polar surface area (TPSA) is 49.3 Å². The molecule has 1 aliphatic carbocycles. The van der Waals surface area contributed by atoms with E-state index in [0.717, 1.165) is 25.7 Å². The molecular weight excluding hydrogens is 166 g/mol. The molecule has 0 aromatic carbocycles. The quantitative estimate of drug-likeness (QED) is 0.661. The van der Waals surface area contributed by atoms with Crippen molar-refractivity contribution in [1.29, 1.82) is 0 Å². The molecule has 3 heteroatoms. The zero-order valence-electron chi connectivity index (χ0n) is 8.42. The van der Waals surface area contributed by atoms with Gasteiger partial charge in [0.2, 0.25) is 0 Å². The summed E-state index contributed by atoms with van der Waals surface area (Å²) < 4.78 is 0. The highest BCUT2D eigenvalue weighted by molar-refractivity contribution is 5.73. The first-order valence-corrected chi connectivity index (χ1v) is 5.14. The van der Waals surface area contributed by atoms with Gasteiger partial charge in [0, 0.05) is 6.04 Å². The number of hydrogen-bond acceptors (Lipinski definition) is 2. The number of rotatable bonds is 6. The van der Waals surface area contributed by atoms with Crippen LogP contribution in [0.5, 0.6) is 0 Å². The second kappa shape index (κ2) is 4.61. The zero-order valence-corrected chi connectivity index (χ0v) is 8.42. The highest BCUT2D eigenvalue weighted by atomic mass is 16.4. The molecular formula is C10H19NO2. The molecule has 0 heterocycles. The van der Waals surface area contributed by atoms with Crippen molar-refractivity contribution in [2.75, 3.05) is 0 Å². The van der Waals surface area contributed by atoms with Gasteiger partial charge in [0.15, 0.2) is 0 Å². The fraction of sp³-hybridized carbons (Fsp3) is 0.900. The lowest BCUT2D eigenvalue weighted by Crippen LogP contribution is -2.43. The van der Waals surface area contributed by atoms with Crippen LogP contribution in [0.15, 0.2) is 0 Å². The van der Waals surface area contributed by atoms with Gasteiger partial charge in [0.05, 0.1) is 0 Å². The number of carboxylic acid groups (broad SMARTS) is 1. The van der Waals surface area contributed by atoms with E-state index in [4.69, 9.17) is 5.11 Å². The lowest BCUT2D eigenvalue weighted by Gasteiger charge is -2.20. The second-order valence-corrected chi connectivity index (χ2v) is 4.02. The van der Waals surface area contributed by atoms with Crippen LogP contribution in [0.3, 0.4) is 0 Å². The number of carboxylic acids is 1. The van der Waals surface area contributed by atoms with Gasteiger partial charge in [-0.3, -0.25) is 4.79 Å². The maximum absolute atomic E-state index is 10.9. The maximum atomic E-state index is 10.9. The molecule has 76 valence electrons. The van der Waals surface area contributed by atoms with Gasteiger partial charge in [-0.1, -0.05) is 20.3 Å². The Labute approximate surface area is 79.5 Å². The van der Waals surface area contributed by atoms with E-state index in [2.05, 4.69) is 12.2 Å². The molecule has 0 radical (unpaired) electrons. The Morgan fingerprint density at radius 3 is 2.62 bits per heavy atom. The van der Waals surface area contributed by atoms with Gasteiger partial charge in [-0.15, -0.1) is 0 Å². The van der Waals surface area contributed by atoms with Crippen molar-refractivity contribution in [1.82, 2.24) is 5.32 Å². The summed E-state index contributed by atoms with van der Waals surface area (Å²) in [6.45, 7) is 4.10. The number of carbonyl (C=O) groups is 1. The highest BCUT2D eigenvalue weighted by Gasteiger charge is 2.31. The average Bonchev–Trinajstić information content (AvgIpc) is 2.83. The van der Waals surface area contributed by atoms with E-state index in [1.54, 1.807) is 0 Å². The lowest BCUT2D eigenvalue weighted by atomic mass is 9.97. The van der Waals surface area contributed by atoms with E-state index in [0.29, 0.717) is 6.04 Å². The normalized spacial score (nSPS) is 21.1. The van der Waals surface area contributed by atoms with Crippen molar-refractivity contribution < 1.29 is 9.90 Å². The van der Waals surface area contributed by atoms with Gasteiger partial charge in [-0.2, -0.15) is 0 Å². The van der Waals surface area contributed by atoms with Crippen LogP contribution in [0.4, 0.5) is 0 Å². The summed E-state index contributed by atoms with van der Waals surface area (Å²) >= 11 is 0. The van der Waals surface area contributed by atoms with E-state index in [-0.39, 0.29) is 12.0 Å². The molecule has 0 aromatic rings. The van der Waals surface area contributed by atoms with Gasteiger partial charge >= 0.3 is 5.97 Å². The van der Waals surface area contributed by atoms with E-state index in [1.807, 2.05) is 6.92 Å². The summed E-state index contributed by atoms with van der Waals surface area (Å²) in [6, 6.07) is 0.132. The first-order valence-electron chi connectivity index (χ1n) is 5.14. The van der Waals surface area contributed by atoms with Crippen LogP contribution in [0, 0.1) is 5.92 Å². The molecule has 1 saturated carbocycles. The third-order valence-electron chi connectivity index (χ3n) is 2.57. The third kappa shape index (κ3) is 3.35. The standard InChI is InChI=1S/C10H19NO2/c1-3-4-7(2)9(10(12)13)11-8-5-6-8/h7-9,11H,3-6H2,1-2H3,(H,12,13). The van der Waals surface area contributed by atoms with Crippen molar-refractivity contribution >= 4 is 5.97 Å². The Morgan fingerprint density at radius 2 is 2.23 bits per heavy atom. The molecule has 0 aromatic heterocycles. The summed E-state index contributed by atoms with van der Waals surface area (Å²) in [5.41, 5.74) is 0. The molecule has 1 fully saturated rings. The molecule has 0 bridgehead atoms. The SMILES string of the molecule is CCCC(C)C(NC1CC1)C(=O)O. The minimum atomic E-state index is -0.701. The molecule has 1 rings (SSSR count). The van der Waals surface area contributed by atoms with Crippen LogP contribution in [0.1, 0.15) is 39.5 Å². The molecule has 3 nitrogen and oxygen atoms in total. The maximum Gasteiger partial charge on any atom is 0.320 e. The van der Waals surface area contributed by atoms with Gasteiger partial charge in [-0.25, -0.2) is 0 Å². The predicted octanol–water partition coefficient (Wildman–Crippen LogP) is 1.63. The number of aliphatic carboxylic acids is 1. The highest BCUT2D eigenvalue weighted by Crippen LogP contribution is 2.22. The Morgan fingerprint density at radius 1 is 1.62 bits per heavy atom. The van der Waals surface area contributed by atoms with Crippen LogP contribution in [-0.4, -0.2) is 23.2 Å². The van der Waals surface area contributed by atoms with Gasteiger partial charge in [0.25, 0.3) is 0 Å². The number of hydrogen-bond donors (Lipinski definition) is 2. The van der Waals surface area contributed by atoms with Crippen LogP contribution < -0.4 is 5.32 Å². The second-order valence-electron chi connectivity index (χ2n) is 4.02. The minimum absolute atomic E-state index is 0.239. The van der Waals surface area contributed by atoms with E-state index < -0.39 is 5.97 Å². The van der Waals surface area contributed by atoms with Gasteiger partial charge in [-0.05, 0) is 25.2 Å². The Hall–Kier alpha value is -0.570. The summed E-state index contributed by atoms with van der Waals surface area (Å²) in [7, 11) is 0. The average molecular weight is 185 g/mol.